The molecule has 0 radical (unpaired) electrons. The van der Waals surface area contributed by atoms with Crippen LogP contribution in [0, 0.1) is 0 Å². The molecule has 2 aromatic rings. The van der Waals surface area contributed by atoms with E-state index in [4.69, 9.17) is 4.74 Å². The van der Waals surface area contributed by atoms with Gasteiger partial charge in [-0.1, -0.05) is 12.1 Å². The Morgan fingerprint density at radius 2 is 2.21 bits per heavy atom. The lowest BCUT2D eigenvalue weighted by molar-refractivity contribution is -0.125. The molecule has 0 unspecified atom stereocenters. The first-order valence-electron chi connectivity index (χ1n) is 6.47. The molecule has 0 fully saturated rings. The van der Waals surface area contributed by atoms with Gasteiger partial charge in [0.15, 0.2) is 0 Å². The number of carbonyl (C=O) groups excluding carboxylic acids is 1. The van der Waals surface area contributed by atoms with Crippen LogP contribution in [0.25, 0.3) is 11.0 Å². The van der Waals surface area contributed by atoms with Crippen molar-refractivity contribution in [3.8, 4) is 0 Å². The number of ether oxygens (including phenoxy) is 1. The van der Waals surface area contributed by atoms with Gasteiger partial charge in [-0.2, -0.15) is 0 Å². The summed E-state index contributed by atoms with van der Waals surface area (Å²) < 4.78 is 7.10. The molecule has 0 atom stereocenters. The highest BCUT2D eigenvalue weighted by atomic mass is 16.5. The number of aromatic nitrogens is 2. The van der Waals surface area contributed by atoms with Gasteiger partial charge in [0, 0.05) is 26.6 Å². The van der Waals surface area contributed by atoms with E-state index in [9.17, 15) is 4.79 Å². The van der Waals surface area contributed by atoms with Crippen LogP contribution in [-0.2, 0) is 23.0 Å². The highest BCUT2D eigenvalue weighted by molar-refractivity contribution is 5.77. The van der Waals surface area contributed by atoms with E-state index in [1.54, 1.807) is 0 Å². The van der Waals surface area contributed by atoms with Gasteiger partial charge >= 0.3 is 0 Å². The van der Waals surface area contributed by atoms with Crippen LogP contribution in [0.3, 0.4) is 0 Å². The summed E-state index contributed by atoms with van der Waals surface area (Å²) in [6, 6.07) is 8.01. The van der Waals surface area contributed by atoms with Crippen LogP contribution >= 0.6 is 0 Å². The summed E-state index contributed by atoms with van der Waals surface area (Å²) in [5.41, 5.74) is 2.10. The van der Waals surface area contributed by atoms with Crippen molar-refractivity contribution in [2.24, 2.45) is 7.05 Å². The lowest BCUT2D eigenvalue weighted by Gasteiger charge is -2.05. The normalized spacial score (nSPS) is 10.8. The molecule has 2 rings (SSSR count). The Balaban J connectivity index is 1.91. The van der Waals surface area contributed by atoms with Gasteiger partial charge in [0.1, 0.15) is 12.4 Å². The van der Waals surface area contributed by atoms with Gasteiger partial charge in [0.25, 0.3) is 0 Å². The molecule has 19 heavy (non-hydrogen) atoms. The van der Waals surface area contributed by atoms with Crippen molar-refractivity contribution in [1.82, 2.24) is 14.9 Å². The molecule has 0 aliphatic heterocycles. The molecule has 1 aromatic carbocycles. The molecule has 0 saturated heterocycles. The molecule has 1 heterocycles. The molecule has 0 spiro atoms. The third-order valence-electron chi connectivity index (χ3n) is 2.99. The van der Waals surface area contributed by atoms with Crippen molar-refractivity contribution in [1.29, 1.82) is 0 Å². The average Bonchev–Trinajstić information content (AvgIpc) is 2.74. The van der Waals surface area contributed by atoms with Crippen molar-refractivity contribution in [2.45, 2.75) is 13.3 Å². The minimum Gasteiger partial charge on any atom is -0.372 e. The van der Waals surface area contributed by atoms with Crippen LogP contribution in [0.5, 0.6) is 0 Å². The number of nitrogens with one attached hydrogen (secondary N) is 1. The summed E-state index contributed by atoms with van der Waals surface area (Å²) in [7, 11) is 1.99. The molecule has 1 amide bonds. The van der Waals surface area contributed by atoms with Gasteiger partial charge in [-0.25, -0.2) is 4.98 Å². The van der Waals surface area contributed by atoms with E-state index in [0.29, 0.717) is 19.6 Å². The van der Waals surface area contributed by atoms with E-state index in [2.05, 4.69) is 14.9 Å². The molecule has 102 valence electrons. The summed E-state index contributed by atoms with van der Waals surface area (Å²) in [4.78, 5) is 15.9. The van der Waals surface area contributed by atoms with Crippen LogP contribution in [0.15, 0.2) is 24.3 Å². The smallest absolute Gasteiger partial charge is 0.246 e. The van der Waals surface area contributed by atoms with E-state index in [-0.39, 0.29) is 12.5 Å². The van der Waals surface area contributed by atoms with Gasteiger partial charge in [0.05, 0.1) is 11.0 Å². The van der Waals surface area contributed by atoms with Gasteiger partial charge in [-0.3, -0.25) is 4.79 Å². The lowest BCUT2D eigenvalue weighted by Crippen LogP contribution is -2.29. The average molecular weight is 261 g/mol. The maximum Gasteiger partial charge on any atom is 0.246 e. The predicted molar refractivity (Wildman–Crippen MR) is 73.9 cm³/mol. The zero-order valence-corrected chi connectivity index (χ0v) is 11.3. The van der Waals surface area contributed by atoms with Crippen LogP contribution in [0.1, 0.15) is 12.7 Å². The van der Waals surface area contributed by atoms with Crippen LogP contribution in [0.2, 0.25) is 0 Å². The third kappa shape index (κ3) is 3.32. The van der Waals surface area contributed by atoms with Gasteiger partial charge < -0.3 is 14.6 Å². The maximum absolute atomic E-state index is 11.4. The van der Waals surface area contributed by atoms with Crippen molar-refractivity contribution in [3.05, 3.63) is 30.1 Å². The van der Waals surface area contributed by atoms with E-state index >= 15 is 0 Å². The molecular formula is C14H19N3O2. The van der Waals surface area contributed by atoms with E-state index in [1.807, 2.05) is 38.2 Å². The number of amides is 1. The standard InChI is InChI=1S/C14H19N3O2/c1-3-19-10-14(18)15-9-8-13-16-11-6-4-5-7-12(11)17(13)2/h4-7H,3,8-10H2,1-2H3,(H,15,18). The first kappa shape index (κ1) is 13.5. The summed E-state index contributed by atoms with van der Waals surface area (Å²) >= 11 is 0. The Morgan fingerprint density at radius 3 is 2.95 bits per heavy atom. The monoisotopic (exact) mass is 261 g/mol. The largest absolute Gasteiger partial charge is 0.372 e. The maximum atomic E-state index is 11.4. The number of hydrogen-bond acceptors (Lipinski definition) is 3. The summed E-state index contributed by atoms with van der Waals surface area (Å²) in [5.74, 6) is 0.888. The van der Waals surface area contributed by atoms with E-state index < -0.39 is 0 Å². The zero-order chi connectivity index (χ0) is 13.7. The summed E-state index contributed by atoms with van der Waals surface area (Å²) in [5, 5.41) is 2.82. The van der Waals surface area contributed by atoms with Crippen LogP contribution in [-0.4, -0.2) is 35.2 Å². The fourth-order valence-electron chi connectivity index (χ4n) is 1.98. The molecule has 0 aliphatic carbocycles. The van der Waals surface area contributed by atoms with Crippen molar-refractivity contribution in [2.75, 3.05) is 19.8 Å². The number of fused-ring (bicyclic) bond motifs is 1. The number of benzene rings is 1. The zero-order valence-electron chi connectivity index (χ0n) is 11.3. The SMILES string of the molecule is CCOCC(=O)NCCc1nc2ccccc2n1C. The lowest BCUT2D eigenvalue weighted by atomic mass is 10.3. The highest BCUT2D eigenvalue weighted by Gasteiger charge is 2.07. The number of aryl methyl sites for hydroxylation is 1. The number of hydrogen-bond donors (Lipinski definition) is 1. The fourth-order valence-corrected chi connectivity index (χ4v) is 1.98. The molecule has 1 N–H and O–H groups in total. The Morgan fingerprint density at radius 1 is 1.42 bits per heavy atom. The first-order valence-corrected chi connectivity index (χ1v) is 6.47. The van der Waals surface area contributed by atoms with Crippen LogP contribution < -0.4 is 5.32 Å². The topological polar surface area (TPSA) is 56.1 Å². The second-order valence-corrected chi connectivity index (χ2v) is 4.31. The second kappa shape index (κ2) is 6.33. The Kier molecular flexibility index (Phi) is 4.52. The van der Waals surface area contributed by atoms with Crippen molar-refractivity contribution in [3.63, 3.8) is 0 Å². The Bertz CT molecular complexity index is 563. The summed E-state index contributed by atoms with van der Waals surface area (Å²) in [6.45, 7) is 3.12. The Hall–Kier alpha value is -1.88. The molecule has 5 nitrogen and oxygen atoms in total. The quantitative estimate of drug-likeness (QED) is 0.852. The highest BCUT2D eigenvalue weighted by Crippen LogP contribution is 2.14. The third-order valence-corrected chi connectivity index (χ3v) is 2.99. The minimum absolute atomic E-state index is 0.0828. The van der Waals surface area contributed by atoms with Gasteiger partial charge in [-0.05, 0) is 19.1 Å². The van der Waals surface area contributed by atoms with E-state index in [1.165, 1.54) is 0 Å². The molecule has 5 heteroatoms. The van der Waals surface area contributed by atoms with Crippen LogP contribution in [0.4, 0.5) is 0 Å². The molecule has 0 bridgehead atoms. The minimum atomic E-state index is -0.0828. The number of imidazole rings is 1. The number of nitrogens with zero attached hydrogens (tertiary/aromatic N) is 2. The van der Waals surface area contributed by atoms with Crippen molar-refractivity contribution < 1.29 is 9.53 Å². The predicted octanol–water partition coefficient (Wildman–Crippen LogP) is 1.27. The molecule has 0 aliphatic rings. The van der Waals surface area contributed by atoms with E-state index in [0.717, 1.165) is 16.9 Å². The van der Waals surface area contributed by atoms with Crippen molar-refractivity contribution >= 4 is 16.9 Å². The first-order chi connectivity index (χ1) is 9.22. The molecular weight excluding hydrogens is 242 g/mol. The Labute approximate surface area is 112 Å². The molecule has 1 aromatic heterocycles. The molecule has 0 saturated carbocycles. The summed E-state index contributed by atoms with van der Waals surface area (Å²) in [6.07, 6.45) is 0.711. The van der Waals surface area contributed by atoms with Gasteiger partial charge in [-0.15, -0.1) is 0 Å². The second-order valence-electron chi connectivity index (χ2n) is 4.31. The number of rotatable bonds is 6. The number of carbonyl (C=O) groups is 1. The van der Waals surface area contributed by atoms with Gasteiger partial charge in [0.2, 0.25) is 5.91 Å². The number of para-hydroxylation sites is 2. The fraction of sp³-hybridized carbons (Fsp3) is 0.429.